The van der Waals surface area contributed by atoms with Crippen molar-refractivity contribution in [3.8, 4) is 0 Å². The van der Waals surface area contributed by atoms with Gasteiger partial charge in [-0.3, -0.25) is 14.9 Å². The zero-order valence-electron chi connectivity index (χ0n) is 13.4. The number of carbonyl (C=O) groups excluding carboxylic acids is 1. The van der Waals surface area contributed by atoms with Crippen molar-refractivity contribution < 1.29 is 14.8 Å². The molecule has 2 rings (SSSR count). The Kier molecular flexibility index (Phi) is 6.03. The van der Waals surface area contributed by atoms with Crippen LogP contribution in [0.1, 0.15) is 40.4 Å². The van der Waals surface area contributed by atoms with E-state index < -0.39 is 10.8 Å². The van der Waals surface area contributed by atoms with E-state index in [0.29, 0.717) is 18.4 Å². The first-order valence-electron chi connectivity index (χ1n) is 7.75. The maximum absolute atomic E-state index is 12.6. The summed E-state index contributed by atoms with van der Waals surface area (Å²) in [5.41, 5.74) is 1.21. The first-order chi connectivity index (χ1) is 11.5. The molecule has 2 aromatic carbocycles. The van der Waals surface area contributed by atoms with Crippen molar-refractivity contribution in [2.45, 2.75) is 25.8 Å². The highest BCUT2D eigenvalue weighted by Gasteiger charge is 2.24. The normalized spacial score (nSPS) is 11.8. The summed E-state index contributed by atoms with van der Waals surface area (Å²) >= 11 is 0. The molecular formula is C18H20N2O4. The number of nitrogens with one attached hydrogen (secondary N) is 1. The molecule has 0 aromatic heterocycles. The van der Waals surface area contributed by atoms with Gasteiger partial charge in [0, 0.05) is 12.2 Å². The van der Waals surface area contributed by atoms with Crippen molar-refractivity contribution in [1.82, 2.24) is 5.32 Å². The number of hydrogen-bond acceptors (Lipinski definition) is 4. The van der Waals surface area contributed by atoms with Gasteiger partial charge >= 0.3 is 0 Å². The van der Waals surface area contributed by atoms with E-state index in [4.69, 9.17) is 5.11 Å². The molecule has 1 atom stereocenters. The van der Waals surface area contributed by atoms with Crippen LogP contribution in [0.3, 0.4) is 0 Å². The van der Waals surface area contributed by atoms with Gasteiger partial charge in [-0.25, -0.2) is 0 Å². The van der Waals surface area contributed by atoms with Gasteiger partial charge in [-0.2, -0.15) is 0 Å². The number of nitro groups is 1. The fourth-order valence-electron chi connectivity index (χ4n) is 2.62. The molecule has 0 aliphatic rings. The summed E-state index contributed by atoms with van der Waals surface area (Å²) in [6.45, 7) is 1.62. The lowest BCUT2D eigenvalue weighted by Crippen LogP contribution is -2.29. The van der Waals surface area contributed by atoms with Gasteiger partial charge in [0.25, 0.3) is 11.6 Å². The topological polar surface area (TPSA) is 92.5 Å². The Morgan fingerprint density at radius 2 is 1.92 bits per heavy atom. The fourth-order valence-corrected chi connectivity index (χ4v) is 2.62. The lowest BCUT2D eigenvalue weighted by molar-refractivity contribution is -0.385. The van der Waals surface area contributed by atoms with Gasteiger partial charge in [-0.1, -0.05) is 42.5 Å². The number of carbonyl (C=O) groups is 1. The van der Waals surface area contributed by atoms with Crippen LogP contribution in [0.2, 0.25) is 0 Å². The first kappa shape index (κ1) is 17.6. The Balaban J connectivity index is 2.28. The van der Waals surface area contributed by atoms with Crippen molar-refractivity contribution in [2.75, 3.05) is 6.61 Å². The van der Waals surface area contributed by atoms with E-state index in [9.17, 15) is 14.9 Å². The van der Waals surface area contributed by atoms with E-state index in [1.807, 2.05) is 30.3 Å². The number of para-hydroxylation sites is 1. The molecule has 24 heavy (non-hydrogen) atoms. The number of benzene rings is 2. The second-order valence-electron chi connectivity index (χ2n) is 5.53. The summed E-state index contributed by atoms with van der Waals surface area (Å²) in [6, 6.07) is 13.7. The van der Waals surface area contributed by atoms with E-state index >= 15 is 0 Å². The molecule has 0 bridgehead atoms. The third-order valence-corrected chi connectivity index (χ3v) is 3.82. The van der Waals surface area contributed by atoms with Crippen LogP contribution < -0.4 is 5.32 Å². The summed E-state index contributed by atoms with van der Waals surface area (Å²) in [6.07, 6.45) is 1.07. The lowest BCUT2D eigenvalue weighted by Gasteiger charge is -2.19. The van der Waals surface area contributed by atoms with E-state index in [-0.39, 0.29) is 23.9 Å². The highest BCUT2D eigenvalue weighted by atomic mass is 16.6. The van der Waals surface area contributed by atoms with Crippen molar-refractivity contribution in [2.24, 2.45) is 0 Å². The van der Waals surface area contributed by atoms with Gasteiger partial charge in [0.05, 0.1) is 11.0 Å². The minimum absolute atomic E-state index is 0.0177. The molecule has 6 nitrogen and oxygen atoms in total. The summed E-state index contributed by atoms with van der Waals surface area (Å²) in [5, 5.41) is 23.2. The highest BCUT2D eigenvalue weighted by Crippen LogP contribution is 2.25. The van der Waals surface area contributed by atoms with Crippen LogP contribution in [0.15, 0.2) is 48.5 Å². The SMILES string of the molecule is Cc1cccc(C(=O)NC(CCCO)c2ccccc2)c1[N+](=O)[O-]. The number of hydrogen-bond donors (Lipinski definition) is 2. The maximum atomic E-state index is 12.6. The Morgan fingerprint density at radius 3 is 2.54 bits per heavy atom. The maximum Gasteiger partial charge on any atom is 0.285 e. The number of rotatable bonds is 7. The summed E-state index contributed by atoms with van der Waals surface area (Å²) in [4.78, 5) is 23.3. The average molecular weight is 328 g/mol. The lowest BCUT2D eigenvalue weighted by atomic mass is 10.0. The Labute approximate surface area is 140 Å². The molecule has 0 saturated heterocycles. The summed E-state index contributed by atoms with van der Waals surface area (Å²) in [5.74, 6) is -0.489. The number of aliphatic hydroxyl groups is 1. The van der Waals surface area contributed by atoms with Crippen LogP contribution in [0, 0.1) is 17.0 Å². The molecule has 6 heteroatoms. The van der Waals surface area contributed by atoms with E-state index in [1.165, 1.54) is 6.07 Å². The molecule has 0 aliphatic carbocycles. The molecule has 0 spiro atoms. The van der Waals surface area contributed by atoms with Crippen molar-refractivity contribution in [3.05, 3.63) is 75.3 Å². The zero-order valence-corrected chi connectivity index (χ0v) is 13.4. The van der Waals surface area contributed by atoms with Crippen LogP contribution in [-0.4, -0.2) is 22.5 Å². The minimum atomic E-state index is -0.532. The molecule has 126 valence electrons. The molecule has 0 saturated carbocycles. The van der Waals surface area contributed by atoms with Crippen LogP contribution in [0.25, 0.3) is 0 Å². The van der Waals surface area contributed by atoms with Gasteiger partial charge in [0.15, 0.2) is 0 Å². The molecule has 1 amide bonds. The second kappa shape index (κ2) is 8.21. The third kappa shape index (κ3) is 4.17. The minimum Gasteiger partial charge on any atom is -0.396 e. The number of nitrogens with zero attached hydrogens (tertiary/aromatic N) is 1. The Bertz CT molecular complexity index is 716. The molecule has 2 aromatic rings. The van der Waals surface area contributed by atoms with E-state index in [1.54, 1.807) is 19.1 Å². The molecule has 0 radical (unpaired) electrons. The van der Waals surface area contributed by atoms with Crippen LogP contribution in [0.5, 0.6) is 0 Å². The standard InChI is InChI=1S/C18H20N2O4/c1-13-7-5-10-15(17(13)20(23)24)18(22)19-16(11-6-12-21)14-8-3-2-4-9-14/h2-5,7-10,16,21H,6,11-12H2,1H3,(H,19,22). The average Bonchev–Trinajstić information content (AvgIpc) is 2.58. The number of nitro benzene ring substituents is 1. The molecule has 1 unspecified atom stereocenters. The number of aliphatic hydroxyl groups excluding tert-OH is 1. The van der Waals surface area contributed by atoms with Crippen molar-refractivity contribution in [1.29, 1.82) is 0 Å². The molecule has 0 aliphatic heterocycles. The predicted molar refractivity (Wildman–Crippen MR) is 90.8 cm³/mol. The van der Waals surface area contributed by atoms with Gasteiger partial charge in [0.1, 0.15) is 5.56 Å². The monoisotopic (exact) mass is 328 g/mol. The second-order valence-corrected chi connectivity index (χ2v) is 5.53. The molecular weight excluding hydrogens is 308 g/mol. The van der Waals surface area contributed by atoms with Crippen molar-refractivity contribution in [3.63, 3.8) is 0 Å². The van der Waals surface area contributed by atoms with Gasteiger partial charge in [-0.05, 0) is 31.4 Å². The number of aryl methyl sites for hydroxylation is 1. The first-order valence-corrected chi connectivity index (χ1v) is 7.75. The Morgan fingerprint density at radius 1 is 1.21 bits per heavy atom. The van der Waals surface area contributed by atoms with E-state index in [2.05, 4.69) is 5.32 Å². The third-order valence-electron chi connectivity index (χ3n) is 3.82. The predicted octanol–water partition coefficient (Wildman–Crippen LogP) is 3.15. The zero-order chi connectivity index (χ0) is 17.5. The fraction of sp³-hybridized carbons (Fsp3) is 0.278. The van der Waals surface area contributed by atoms with Gasteiger partial charge < -0.3 is 10.4 Å². The summed E-state index contributed by atoms with van der Waals surface area (Å²) in [7, 11) is 0. The largest absolute Gasteiger partial charge is 0.396 e. The van der Waals surface area contributed by atoms with Crippen LogP contribution >= 0.6 is 0 Å². The quantitative estimate of drug-likeness (QED) is 0.603. The Hall–Kier alpha value is -2.73. The van der Waals surface area contributed by atoms with Crippen molar-refractivity contribution >= 4 is 11.6 Å². The molecule has 2 N–H and O–H groups in total. The summed E-state index contributed by atoms with van der Waals surface area (Å²) < 4.78 is 0. The van der Waals surface area contributed by atoms with Crippen LogP contribution in [0.4, 0.5) is 5.69 Å². The number of amides is 1. The smallest absolute Gasteiger partial charge is 0.285 e. The van der Waals surface area contributed by atoms with Gasteiger partial charge in [0.2, 0.25) is 0 Å². The van der Waals surface area contributed by atoms with E-state index in [0.717, 1.165) is 5.56 Å². The molecule has 0 heterocycles. The van der Waals surface area contributed by atoms with Crippen LogP contribution in [-0.2, 0) is 0 Å². The highest BCUT2D eigenvalue weighted by molar-refractivity contribution is 5.98. The van der Waals surface area contributed by atoms with Gasteiger partial charge in [-0.15, -0.1) is 0 Å². The molecule has 0 fully saturated rings.